The van der Waals surface area contributed by atoms with Gasteiger partial charge in [-0.25, -0.2) is 8.42 Å². The number of aliphatic hydroxyl groups excluding tert-OH is 1. The smallest absolute Gasteiger partial charge is 0.191 e. The van der Waals surface area contributed by atoms with Crippen LogP contribution >= 0.6 is 0 Å². The van der Waals surface area contributed by atoms with E-state index in [1.54, 1.807) is 20.8 Å². The van der Waals surface area contributed by atoms with Gasteiger partial charge in [0.1, 0.15) is 0 Å². The molecule has 0 heterocycles. The van der Waals surface area contributed by atoms with Crippen molar-refractivity contribution in [3.63, 3.8) is 0 Å². The maximum absolute atomic E-state index is 12.1. The topological polar surface area (TPSA) is 90.8 Å². The Morgan fingerprint density at radius 1 is 1.23 bits per heavy atom. The van der Waals surface area contributed by atoms with E-state index in [9.17, 15) is 13.5 Å². The summed E-state index contributed by atoms with van der Waals surface area (Å²) in [5.74, 6) is 0.712. The molecule has 6 nitrogen and oxygen atoms in total. The molecule has 130 valence electrons. The zero-order chi connectivity index (χ0) is 16.8. The fourth-order valence-corrected chi connectivity index (χ4v) is 3.26. The summed E-state index contributed by atoms with van der Waals surface area (Å²) in [6.07, 6.45) is 3.23. The molecular formula is C15H31N3O3S. The molecule has 0 aromatic heterocycles. The van der Waals surface area contributed by atoms with Crippen LogP contribution in [0.5, 0.6) is 0 Å². The predicted octanol–water partition coefficient (Wildman–Crippen LogP) is 1.06. The van der Waals surface area contributed by atoms with E-state index in [0.29, 0.717) is 12.0 Å². The van der Waals surface area contributed by atoms with Crippen molar-refractivity contribution in [3.8, 4) is 0 Å². The van der Waals surface area contributed by atoms with Crippen molar-refractivity contribution in [3.05, 3.63) is 0 Å². The Bertz CT molecular complexity index is 461. The maximum atomic E-state index is 12.1. The monoisotopic (exact) mass is 333 g/mol. The van der Waals surface area contributed by atoms with Crippen molar-refractivity contribution in [1.82, 2.24) is 10.6 Å². The van der Waals surface area contributed by atoms with E-state index in [1.165, 1.54) is 0 Å². The highest BCUT2D eigenvalue weighted by atomic mass is 32.2. The van der Waals surface area contributed by atoms with Gasteiger partial charge in [-0.1, -0.05) is 0 Å². The van der Waals surface area contributed by atoms with Crippen LogP contribution < -0.4 is 10.6 Å². The van der Waals surface area contributed by atoms with E-state index in [0.717, 1.165) is 32.2 Å². The van der Waals surface area contributed by atoms with Crippen molar-refractivity contribution in [2.75, 3.05) is 18.8 Å². The average Bonchev–Trinajstić information content (AvgIpc) is 2.40. The summed E-state index contributed by atoms with van der Waals surface area (Å²) < 4.78 is 23.4. The molecule has 0 spiro atoms. The zero-order valence-corrected chi connectivity index (χ0v) is 15.0. The van der Waals surface area contributed by atoms with E-state index < -0.39 is 14.6 Å². The summed E-state index contributed by atoms with van der Waals surface area (Å²) in [7, 11) is -3.14. The van der Waals surface area contributed by atoms with Gasteiger partial charge >= 0.3 is 0 Å². The van der Waals surface area contributed by atoms with Crippen LogP contribution in [0.15, 0.2) is 4.99 Å². The molecule has 1 aliphatic rings. The Kier molecular flexibility index (Phi) is 7.12. The van der Waals surface area contributed by atoms with E-state index in [1.807, 2.05) is 6.92 Å². The van der Waals surface area contributed by atoms with Crippen LogP contribution in [0.2, 0.25) is 0 Å². The second kappa shape index (κ2) is 8.15. The molecule has 3 N–H and O–H groups in total. The molecule has 22 heavy (non-hydrogen) atoms. The van der Waals surface area contributed by atoms with Crippen molar-refractivity contribution in [2.24, 2.45) is 4.99 Å². The molecule has 0 aliphatic heterocycles. The van der Waals surface area contributed by atoms with Crippen molar-refractivity contribution < 1.29 is 13.5 Å². The Morgan fingerprint density at radius 3 is 2.32 bits per heavy atom. The lowest BCUT2D eigenvalue weighted by Gasteiger charge is -2.27. The number of aliphatic imine (C=N–C) groups is 1. The van der Waals surface area contributed by atoms with Crippen LogP contribution in [0.25, 0.3) is 0 Å². The molecule has 1 fully saturated rings. The molecule has 0 aromatic rings. The van der Waals surface area contributed by atoms with Crippen LogP contribution in [0.1, 0.15) is 53.4 Å². The summed E-state index contributed by atoms with van der Waals surface area (Å²) in [6.45, 7) is 8.10. The first-order valence-electron chi connectivity index (χ1n) is 8.11. The number of guanidine groups is 1. The lowest BCUT2D eigenvalue weighted by molar-refractivity contribution is 0.120. The molecule has 0 bridgehead atoms. The third kappa shape index (κ3) is 6.12. The summed E-state index contributed by atoms with van der Waals surface area (Å²) in [4.78, 5) is 4.38. The molecular weight excluding hydrogens is 302 g/mol. The number of sulfone groups is 1. The quantitative estimate of drug-likeness (QED) is 0.517. The Labute approximate surface area is 134 Å². The highest BCUT2D eigenvalue weighted by molar-refractivity contribution is 7.92. The largest absolute Gasteiger partial charge is 0.393 e. The SMILES string of the molecule is CCNC(=NCCS(=O)(=O)C(C)(C)C)NC1CCC(O)CC1. The Morgan fingerprint density at radius 2 is 1.82 bits per heavy atom. The molecule has 1 rings (SSSR count). The molecule has 0 saturated heterocycles. The van der Waals surface area contributed by atoms with Gasteiger partial charge in [0.15, 0.2) is 15.8 Å². The molecule has 0 atom stereocenters. The lowest BCUT2D eigenvalue weighted by Crippen LogP contribution is -2.45. The second-order valence-corrected chi connectivity index (χ2v) is 9.70. The minimum absolute atomic E-state index is 0.0520. The van der Waals surface area contributed by atoms with Crippen LogP contribution in [0.3, 0.4) is 0 Å². The second-order valence-electron chi connectivity index (χ2n) is 6.84. The molecule has 0 amide bonds. The van der Waals surface area contributed by atoms with Gasteiger partial charge in [-0.15, -0.1) is 0 Å². The average molecular weight is 333 g/mol. The maximum Gasteiger partial charge on any atom is 0.191 e. The van der Waals surface area contributed by atoms with E-state index in [-0.39, 0.29) is 18.4 Å². The first-order valence-corrected chi connectivity index (χ1v) is 9.76. The van der Waals surface area contributed by atoms with Gasteiger partial charge in [0, 0.05) is 12.6 Å². The normalized spacial score (nSPS) is 24.1. The van der Waals surface area contributed by atoms with Gasteiger partial charge < -0.3 is 15.7 Å². The molecule has 1 saturated carbocycles. The van der Waals surface area contributed by atoms with Gasteiger partial charge in [-0.05, 0) is 53.4 Å². The van der Waals surface area contributed by atoms with Crippen molar-refractivity contribution in [1.29, 1.82) is 0 Å². The van der Waals surface area contributed by atoms with Crippen LogP contribution in [0.4, 0.5) is 0 Å². The van der Waals surface area contributed by atoms with Crippen LogP contribution in [0, 0.1) is 0 Å². The van der Waals surface area contributed by atoms with Crippen LogP contribution in [-0.2, 0) is 9.84 Å². The number of nitrogens with zero attached hydrogens (tertiary/aromatic N) is 1. The fraction of sp³-hybridized carbons (Fsp3) is 0.933. The molecule has 7 heteroatoms. The minimum atomic E-state index is -3.14. The van der Waals surface area contributed by atoms with Gasteiger partial charge in [0.2, 0.25) is 0 Å². The van der Waals surface area contributed by atoms with E-state index in [4.69, 9.17) is 0 Å². The van der Waals surface area contributed by atoms with Gasteiger partial charge in [0.25, 0.3) is 0 Å². The van der Waals surface area contributed by atoms with Gasteiger partial charge in [-0.3, -0.25) is 4.99 Å². The van der Waals surface area contributed by atoms with Gasteiger partial charge in [0.05, 0.1) is 23.1 Å². The lowest BCUT2D eigenvalue weighted by atomic mass is 9.93. The minimum Gasteiger partial charge on any atom is -0.393 e. The molecule has 0 unspecified atom stereocenters. The first-order chi connectivity index (χ1) is 10.2. The highest BCUT2D eigenvalue weighted by Crippen LogP contribution is 2.18. The van der Waals surface area contributed by atoms with Crippen LogP contribution in [-0.4, -0.2) is 55.2 Å². The number of nitrogens with one attached hydrogen (secondary N) is 2. The first kappa shape index (κ1) is 19.2. The summed E-state index contributed by atoms with van der Waals surface area (Å²) in [6, 6.07) is 0.292. The fourth-order valence-electron chi connectivity index (χ4n) is 2.32. The standard InChI is InChI=1S/C15H31N3O3S/c1-5-16-14(18-12-6-8-13(19)9-7-12)17-10-11-22(20,21)15(2,3)4/h12-13,19H,5-11H2,1-4H3,(H2,16,17,18). The predicted molar refractivity (Wildman–Crippen MR) is 90.9 cm³/mol. The molecule has 0 aromatic carbocycles. The number of hydrogen-bond donors (Lipinski definition) is 3. The zero-order valence-electron chi connectivity index (χ0n) is 14.2. The third-order valence-corrected chi connectivity index (χ3v) is 6.53. The molecule has 1 aliphatic carbocycles. The van der Waals surface area contributed by atoms with Crippen molar-refractivity contribution >= 4 is 15.8 Å². The Balaban J connectivity index is 2.55. The van der Waals surface area contributed by atoms with Gasteiger partial charge in [-0.2, -0.15) is 0 Å². The van der Waals surface area contributed by atoms with E-state index >= 15 is 0 Å². The third-order valence-electron chi connectivity index (χ3n) is 3.94. The number of hydrogen-bond acceptors (Lipinski definition) is 4. The molecule has 0 radical (unpaired) electrons. The number of rotatable bonds is 5. The summed E-state index contributed by atoms with van der Waals surface area (Å²) in [5.41, 5.74) is 0. The van der Waals surface area contributed by atoms with E-state index in [2.05, 4.69) is 15.6 Å². The van der Waals surface area contributed by atoms with Crippen molar-refractivity contribution in [2.45, 2.75) is 70.3 Å². The summed E-state index contributed by atoms with van der Waals surface area (Å²) in [5, 5.41) is 16.0. The highest BCUT2D eigenvalue weighted by Gasteiger charge is 2.28. The summed E-state index contributed by atoms with van der Waals surface area (Å²) >= 11 is 0. The number of aliphatic hydroxyl groups is 1. The Hall–Kier alpha value is -0.820.